The minimum Gasteiger partial charge on any atom is -0.318 e. The van der Waals surface area contributed by atoms with Crippen molar-refractivity contribution in [3.63, 3.8) is 0 Å². The molecule has 0 atom stereocenters. The van der Waals surface area contributed by atoms with Crippen LogP contribution in [0.3, 0.4) is 0 Å². The van der Waals surface area contributed by atoms with E-state index < -0.39 is 0 Å². The third-order valence-electron chi connectivity index (χ3n) is 1.49. The number of ketones is 1. The summed E-state index contributed by atoms with van der Waals surface area (Å²) >= 11 is 0. The van der Waals surface area contributed by atoms with E-state index in [-0.39, 0.29) is 11.3 Å². The number of nitrogens with zero attached hydrogens (tertiary/aromatic N) is 1. The second-order valence-electron chi connectivity index (χ2n) is 2.42. The molecule has 0 unspecified atom stereocenters. The zero-order valence-electron chi connectivity index (χ0n) is 6.50. The molecule has 0 amide bonds. The van der Waals surface area contributed by atoms with Crippen molar-refractivity contribution in [1.82, 2.24) is 4.57 Å². The van der Waals surface area contributed by atoms with E-state index in [9.17, 15) is 9.59 Å². The number of hydrogen-bond acceptors (Lipinski definition) is 2. The van der Waals surface area contributed by atoms with Gasteiger partial charge in [-0.3, -0.25) is 9.59 Å². The van der Waals surface area contributed by atoms with E-state index in [1.165, 1.54) is 29.8 Å². The molecule has 0 aliphatic rings. The van der Waals surface area contributed by atoms with Crippen LogP contribution in [0.5, 0.6) is 0 Å². The van der Waals surface area contributed by atoms with E-state index in [1.54, 1.807) is 7.05 Å². The van der Waals surface area contributed by atoms with Gasteiger partial charge in [0, 0.05) is 24.9 Å². The Morgan fingerprint density at radius 2 is 2.09 bits per heavy atom. The van der Waals surface area contributed by atoms with Crippen LogP contribution in [0.25, 0.3) is 0 Å². The molecule has 0 spiro atoms. The summed E-state index contributed by atoms with van der Waals surface area (Å²) in [6.07, 6.45) is 1.53. The van der Waals surface area contributed by atoms with Crippen LogP contribution >= 0.6 is 0 Å². The first kappa shape index (κ1) is 7.72. The van der Waals surface area contributed by atoms with Gasteiger partial charge in [-0.15, -0.1) is 0 Å². The van der Waals surface area contributed by atoms with E-state index in [0.717, 1.165) is 0 Å². The van der Waals surface area contributed by atoms with Gasteiger partial charge in [0.2, 0.25) is 5.56 Å². The average Bonchev–Trinajstić information content (AvgIpc) is 1.94. The Morgan fingerprint density at radius 3 is 2.55 bits per heavy atom. The summed E-state index contributed by atoms with van der Waals surface area (Å²) in [6, 6.07) is 2.92. The lowest BCUT2D eigenvalue weighted by Crippen LogP contribution is -2.15. The summed E-state index contributed by atoms with van der Waals surface area (Å²) < 4.78 is 1.39. The fourth-order valence-electron chi connectivity index (χ4n) is 0.802. The van der Waals surface area contributed by atoms with E-state index >= 15 is 0 Å². The van der Waals surface area contributed by atoms with E-state index in [4.69, 9.17) is 0 Å². The van der Waals surface area contributed by atoms with Crippen molar-refractivity contribution in [2.75, 3.05) is 0 Å². The van der Waals surface area contributed by atoms with Gasteiger partial charge < -0.3 is 4.57 Å². The maximum Gasteiger partial charge on any atom is 0.250 e. The second-order valence-corrected chi connectivity index (χ2v) is 2.42. The molecule has 1 rings (SSSR count). The lowest BCUT2D eigenvalue weighted by Gasteiger charge is -1.97. The maximum absolute atomic E-state index is 10.8. The number of rotatable bonds is 1. The number of aryl methyl sites for hydroxylation is 1. The highest BCUT2D eigenvalue weighted by Gasteiger charge is 1.98. The van der Waals surface area contributed by atoms with Crippen molar-refractivity contribution in [2.24, 2.45) is 7.05 Å². The molecule has 1 heterocycles. The first-order chi connectivity index (χ1) is 5.11. The average molecular weight is 151 g/mol. The van der Waals surface area contributed by atoms with Gasteiger partial charge in [0.1, 0.15) is 0 Å². The molecule has 0 saturated heterocycles. The standard InChI is InChI=1S/C8H9NO2/c1-6(10)7-3-4-8(11)9(2)5-7/h3-5H,1-2H3. The zero-order chi connectivity index (χ0) is 8.43. The van der Waals surface area contributed by atoms with Gasteiger partial charge in [0.15, 0.2) is 5.78 Å². The Morgan fingerprint density at radius 1 is 1.45 bits per heavy atom. The summed E-state index contributed by atoms with van der Waals surface area (Å²) in [5.41, 5.74) is 0.460. The molecule has 0 radical (unpaired) electrons. The van der Waals surface area contributed by atoms with Crippen LogP contribution in [0.4, 0.5) is 0 Å². The van der Waals surface area contributed by atoms with E-state index in [2.05, 4.69) is 0 Å². The summed E-state index contributed by atoms with van der Waals surface area (Å²) in [5, 5.41) is 0. The number of aromatic nitrogens is 1. The number of carbonyl (C=O) groups excluding carboxylic acids is 1. The Kier molecular flexibility index (Phi) is 1.89. The number of Topliss-reactive ketones (excluding diaryl/α,β-unsaturated/α-hetero) is 1. The quantitative estimate of drug-likeness (QED) is 0.551. The lowest BCUT2D eigenvalue weighted by atomic mass is 10.2. The van der Waals surface area contributed by atoms with Gasteiger partial charge in [-0.05, 0) is 13.0 Å². The minimum atomic E-state index is -0.102. The van der Waals surface area contributed by atoms with Crippen LogP contribution in [0.1, 0.15) is 17.3 Å². The fraction of sp³-hybridized carbons (Fsp3) is 0.250. The van der Waals surface area contributed by atoms with Crippen molar-refractivity contribution in [3.8, 4) is 0 Å². The minimum absolute atomic E-state index is 0.0272. The number of carbonyl (C=O) groups is 1. The second kappa shape index (κ2) is 2.70. The molecule has 0 N–H and O–H groups in total. The summed E-state index contributed by atoms with van der Waals surface area (Å²) in [6.45, 7) is 1.47. The largest absolute Gasteiger partial charge is 0.318 e. The highest BCUT2D eigenvalue weighted by atomic mass is 16.1. The van der Waals surface area contributed by atoms with Crippen LogP contribution in [0, 0.1) is 0 Å². The van der Waals surface area contributed by atoms with Crippen molar-refractivity contribution in [2.45, 2.75) is 6.92 Å². The third kappa shape index (κ3) is 1.55. The molecular formula is C8H9NO2. The molecule has 0 aliphatic heterocycles. The molecule has 0 saturated carbocycles. The van der Waals surface area contributed by atoms with Gasteiger partial charge in [-0.1, -0.05) is 0 Å². The summed E-state index contributed by atoms with van der Waals surface area (Å²) in [5.74, 6) is -0.0272. The molecule has 0 fully saturated rings. The predicted molar refractivity (Wildman–Crippen MR) is 41.7 cm³/mol. The SMILES string of the molecule is CC(=O)c1ccc(=O)n(C)c1. The Bertz CT molecular complexity index is 338. The van der Waals surface area contributed by atoms with Gasteiger partial charge in [-0.2, -0.15) is 0 Å². The summed E-state index contributed by atoms with van der Waals surface area (Å²) in [4.78, 5) is 21.6. The lowest BCUT2D eigenvalue weighted by molar-refractivity contribution is 0.101. The van der Waals surface area contributed by atoms with Crippen LogP contribution in [-0.2, 0) is 7.05 Å². The molecule has 0 bridgehead atoms. The normalized spacial score (nSPS) is 9.64. The summed E-state index contributed by atoms with van der Waals surface area (Å²) in [7, 11) is 1.62. The van der Waals surface area contributed by atoms with Crippen molar-refractivity contribution in [3.05, 3.63) is 34.2 Å². The van der Waals surface area contributed by atoms with Gasteiger partial charge >= 0.3 is 0 Å². The number of hydrogen-bond donors (Lipinski definition) is 0. The fourth-order valence-corrected chi connectivity index (χ4v) is 0.802. The molecule has 1 aromatic heterocycles. The van der Waals surface area contributed by atoms with Crippen LogP contribution in [0.15, 0.2) is 23.1 Å². The Labute approximate surface area is 64.3 Å². The highest BCUT2D eigenvalue weighted by Crippen LogP contribution is 1.94. The van der Waals surface area contributed by atoms with Crippen LogP contribution in [-0.4, -0.2) is 10.4 Å². The first-order valence-electron chi connectivity index (χ1n) is 3.29. The molecular weight excluding hydrogens is 142 g/mol. The van der Waals surface area contributed by atoms with Gasteiger partial charge in [0.05, 0.1) is 0 Å². The monoisotopic (exact) mass is 151 g/mol. The van der Waals surface area contributed by atoms with E-state index in [1.807, 2.05) is 0 Å². The Balaban J connectivity index is 3.26. The molecule has 0 aromatic carbocycles. The van der Waals surface area contributed by atoms with Crippen molar-refractivity contribution < 1.29 is 4.79 Å². The van der Waals surface area contributed by atoms with Gasteiger partial charge in [0.25, 0.3) is 0 Å². The van der Waals surface area contributed by atoms with Crippen LogP contribution in [0.2, 0.25) is 0 Å². The van der Waals surface area contributed by atoms with E-state index in [0.29, 0.717) is 5.56 Å². The predicted octanol–water partition coefficient (Wildman–Crippen LogP) is 0.588. The molecule has 3 nitrogen and oxygen atoms in total. The van der Waals surface area contributed by atoms with Crippen molar-refractivity contribution in [1.29, 1.82) is 0 Å². The first-order valence-corrected chi connectivity index (χ1v) is 3.29. The molecule has 0 aliphatic carbocycles. The smallest absolute Gasteiger partial charge is 0.250 e. The number of pyridine rings is 1. The topological polar surface area (TPSA) is 39.1 Å². The molecule has 11 heavy (non-hydrogen) atoms. The molecule has 1 aromatic rings. The molecule has 3 heteroatoms. The van der Waals surface area contributed by atoms with Crippen LogP contribution < -0.4 is 5.56 Å². The molecule has 58 valence electrons. The Hall–Kier alpha value is -1.38. The maximum atomic E-state index is 10.8. The van der Waals surface area contributed by atoms with Gasteiger partial charge in [-0.25, -0.2) is 0 Å². The van der Waals surface area contributed by atoms with Crippen molar-refractivity contribution >= 4 is 5.78 Å². The zero-order valence-corrected chi connectivity index (χ0v) is 6.50. The highest BCUT2D eigenvalue weighted by molar-refractivity contribution is 5.93. The third-order valence-corrected chi connectivity index (χ3v) is 1.49.